The maximum absolute atomic E-state index is 10.1. The van der Waals surface area contributed by atoms with E-state index in [-0.39, 0.29) is 23.9 Å². The number of carbonyl (C=O) groups excluding carboxylic acids is 1. The molecule has 0 radical (unpaired) electrons. The van der Waals surface area contributed by atoms with Crippen molar-refractivity contribution in [2.75, 3.05) is 6.61 Å². The first-order valence-electron chi connectivity index (χ1n) is 3.63. The van der Waals surface area contributed by atoms with Crippen molar-refractivity contribution in [2.45, 2.75) is 13.8 Å². The van der Waals surface area contributed by atoms with Crippen LogP contribution >= 0.6 is 12.4 Å². The number of rotatable bonds is 3. The highest BCUT2D eigenvalue weighted by atomic mass is 35.5. The van der Waals surface area contributed by atoms with Gasteiger partial charge in [0.15, 0.2) is 0 Å². The second-order valence-electron chi connectivity index (χ2n) is 2.04. The predicted octanol–water partition coefficient (Wildman–Crippen LogP) is 1.80. The summed E-state index contributed by atoms with van der Waals surface area (Å²) < 4.78 is 4.43. The first-order valence-corrected chi connectivity index (χ1v) is 3.63. The van der Waals surface area contributed by atoms with Gasteiger partial charge in [0.05, 0.1) is 6.61 Å². The number of aliphatic carboxylic acids is 1. The summed E-state index contributed by atoms with van der Waals surface area (Å²) in [7, 11) is 0. The van der Waals surface area contributed by atoms with Crippen molar-refractivity contribution >= 4 is 24.3 Å². The average Bonchev–Trinajstić information content (AvgIpc) is 2.05. The van der Waals surface area contributed by atoms with Crippen LogP contribution in [0.15, 0.2) is 24.8 Å². The van der Waals surface area contributed by atoms with Gasteiger partial charge in [0.25, 0.3) is 0 Å². The molecule has 0 saturated carbocycles. The number of hydrogen-bond acceptors (Lipinski definition) is 3. The third-order valence-electron chi connectivity index (χ3n) is 0.818. The minimum atomic E-state index is -0.935. The molecule has 0 saturated heterocycles. The van der Waals surface area contributed by atoms with E-state index < -0.39 is 5.97 Å². The van der Waals surface area contributed by atoms with Gasteiger partial charge in [-0.1, -0.05) is 13.2 Å². The van der Waals surface area contributed by atoms with Crippen LogP contribution in [0.4, 0.5) is 0 Å². The van der Waals surface area contributed by atoms with Crippen LogP contribution in [0.1, 0.15) is 13.8 Å². The smallest absolute Gasteiger partial charge is 0.330 e. The normalized spacial score (nSPS) is 7.00. The Hall–Kier alpha value is -1.29. The average molecular weight is 223 g/mol. The number of ether oxygens (including phenoxy) is 1. The molecule has 0 aliphatic rings. The molecule has 0 unspecified atom stereocenters. The molecule has 0 rings (SSSR count). The van der Waals surface area contributed by atoms with E-state index in [1.807, 2.05) is 0 Å². The van der Waals surface area contributed by atoms with E-state index in [1.165, 1.54) is 6.92 Å². The molecule has 82 valence electrons. The minimum Gasteiger partial charge on any atom is -0.478 e. The van der Waals surface area contributed by atoms with Crippen molar-refractivity contribution < 1.29 is 19.4 Å². The lowest BCUT2D eigenvalue weighted by Crippen LogP contribution is -1.97. The Bertz CT molecular complexity index is 199. The van der Waals surface area contributed by atoms with Gasteiger partial charge in [-0.15, -0.1) is 12.4 Å². The topological polar surface area (TPSA) is 63.6 Å². The Labute approximate surface area is 89.7 Å². The van der Waals surface area contributed by atoms with Crippen LogP contribution in [-0.4, -0.2) is 23.7 Å². The fourth-order valence-electron chi connectivity index (χ4n) is 0.201. The van der Waals surface area contributed by atoms with Crippen molar-refractivity contribution in [1.82, 2.24) is 0 Å². The van der Waals surface area contributed by atoms with Crippen molar-refractivity contribution in [3.63, 3.8) is 0 Å². The molecule has 0 aliphatic carbocycles. The van der Waals surface area contributed by atoms with E-state index in [2.05, 4.69) is 17.9 Å². The van der Waals surface area contributed by atoms with Gasteiger partial charge in [0, 0.05) is 11.6 Å². The van der Waals surface area contributed by atoms with Gasteiger partial charge in [-0.25, -0.2) is 9.59 Å². The zero-order valence-electron chi connectivity index (χ0n) is 8.28. The largest absolute Gasteiger partial charge is 0.478 e. The van der Waals surface area contributed by atoms with Gasteiger partial charge in [-0.3, -0.25) is 0 Å². The van der Waals surface area contributed by atoms with Crippen LogP contribution in [0.3, 0.4) is 0 Å². The SMILES string of the molecule is C=C(C)C(=O)O.C=CC(=O)OCC.Cl. The molecule has 0 aliphatic heterocycles. The molecule has 0 amide bonds. The molecule has 0 aromatic carbocycles. The third kappa shape index (κ3) is 17.0. The lowest BCUT2D eigenvalue weighted by molar-refractivity contribution is -0.137. The quantitative estimate of drug-likeness (QED) is 0.584. The Balaban J connectivity index is -0.000000163. The molecule has 0 fully saturated rings. The summed E-state index contributed by atoms with van der Waals surface area (Å²) in [5.74, 6) is -1.29. The van der Waals surface area contributed by atoms with Crippen molar-refractivity contribution in [3.8, 4) is 0 Å². The van der Waals surface area contributed by atoms with Gasteiger partial charge in [-0.05, 0) is 13.8 Å². The summed E-state index contributed by atoms with van der Waals surface area (Å²) in [5, 5.41) is 7.89. The van der Waals surface area contributed by atoms with E-state index >= 15 is 0 Å². The van der Waals surface area contributed by atoms with Crippen LogP contribution in [-0.2, 0) is 14.3 Å². The molecule has 0 heterocycles. The predicted molar refractivity (Wildman–Crippen MR) is 56.5 cm³/mol. The zero-order chi connectivity index (χ0) is 10.9. The first kappa shape index (κ1) is 18.5. The fraction of sp³-hybridized carbons (Fsp3) is 0.333. The monoisotopic (exact) mass is 222 g/mol. The van der Waals surface area contributed by atoms with Crippen LogP contribution < -0.4 is 0 Å². The van der Waals surface area contributed by atoms with Crippen LogP contribution in [0.5, 0.6) is 0 Å². The van der Waals surface area contributed by atoms with Crippen LogP contribution in [0.2, 0.25) is 0 Å². The maximum Gasteiger partial charge on any atom is 0.330 e. The molecular formula is C9H15ClO4. The summed E-state index contributed by atoms with van der Waals surface area (Å²) in [6.07, 6.45) is 1.14. The molecule has 0 aromatic rings. The van der Waals surface area contributed by atoms with Crippen LogP contribution in [0.25, 0.3) is 0 Å². The highest BCUT2D eigenvalue weighted by molar-refractivity contribution is 5.85. The Morgan fingerprint density at radius 2 is 1.86 bits per heavy atom. The molecule has 14 heavy (non-hydrogen) atoms. The number of carboxylic acid groups (broad SMARTS) is 1. The van der Waals surface area contributed by atoms with E-state index in [1.54, 1.807) is 6.92 Å². The Morgan fingerprint density at radius 1 is 1.50 bits per heavy atom. The molecular weight excluding hydrogens is 208 g/mol. The summed E-state index contributed by atoms with van der Waals surface area (Å²) >= 11 is 0. The van der Waals surface area contributed by atoms with Crippen molar-refractivity contribution in [1.29, 1.82) is 0 Å². The molecule has 0 atom stereocenters. The van der Waals surface area contributed by atoms with Gasteiger partial charge in [-0.2, -0.15) is 0 Å². The fourth-order valence-corrected chi connectivity index (χ4v) is 0.201. The summed E-state index contributed by atoms with van der Waals surface area (Å²) in [5.41, 5.74) is 0.176. The second-order valence-corrected chi connectivity index (χ2v) is 2.04. The summed E-state index contributed by atoms with van der Waals surface area (Å²) in [6.45, 7) is 9.98. The standard InChI is InChI=1S/C5H8O2.C4H6O2.ClH/c1-3-5(6)7-4-2;1-3(2)4(5)6;/h3H,1,4H2,2H3;1H2,2H3,(H,5,6);1H. The second kappa shape index (κ2) is 11.7. The highest BCUT2D eigenvalue weighted by Crippen LogP contribution is 1.81. The molecule has 1 N–H and O–H groups in total. The zero-order valence-corrected chi connectivity index (χ0v) is 9.10. The summed E-state index contributed by atoms with van der Waals surface area (Å²) in [6, 6.07) is 0. The number of hydrogen-bond donors (Lipinski definition) is 1. The van der Waals surface area contributed by atoms with Crippen molar-refractivity contribution in [3.05, 3.63) is 24.8 Å². The van der Waals surface area contributed by atoms with E-state index in [9.17, 15) is 9.59 Å². The van der Waals surface area contributed by atoms with E-state index in [0.717, 1.165) is 6.08 Å². The number of carboxylic acids is 1. The maximum atomic E-state index is 10.1. The molecule has 0 bridgehead atoms. The van der Waals surface area contributed by atoms with Gasteiger partial charge in [0.1, 0.15) is 0 Å². The first-order chi connectivity index (χ1) is 5.95. The minimum absolute atomic E-state index is 0. The number of esters is 1. The number of carbonyl (C=O) groups is 2. The molecule has 0 spiro atoms. The van der Waals surface area contributed by atoms with Gasteiger partial charge in [0.2, 0.25) is 0 Å². The van der Waals surface area contributed by atoms with E-state index in [0.29, 0.717) is 6.61 Å². The van der Waals surface area contributed by atoms with Crippen LogP contribution in [0, 0.1) is 0 Å². The Morgan fingerprint density at radius 3 is 1.93 bits per heavy atom. The van der Waals surface area contributed by atoms with Crippen molar-refractivity contribution in [2.24, 2.45) is 0 Å². The lowest BCUT2D eigenvalue weighted by Gasteiger charge is -1.90. The highest BCUT2D eigenvalue weighted by Gasteiger charge is 1.90. The lowest BCUT2D eigenvalue weighted by atomic mass is 10.4. The summed E-state index contributed by atoms with van der Waals surface area (Å²) in [4.78, 5) is 19.7. The number of halogens is 1. The molecule has 0 aromatic heterocycles. The van der Waals surface area contributed by atoms with E-state index in [4.69, 9.17) is 5.11 Å². The molecule has 5 heteroatoms. The van der Waals surface area contributed by atoms with Gasteiger partial charge < -0.3 is 9.84 Å². The van der Waals surface area contributed by atoms with Gasteiger partial charge >= 0.3 is 11.9 Å². The Kier molecular flexibility index (Phi) is 15.5. The molecule has 4 nitrogen and oxygen atoms in total. The third-order valence-corrected chi connectivity index (χ3v) is 0.818.